The standard InChI is InChI=1S/C25H39FN6/c1-17-24(16-21-18(2)31-23-8-7-20(26)15-22(21)23)32-19(3)25(17)30-13-6-12-28-10-4-5-11-29-14-9-27/h7-8,15-17,24,28-32H,2,4-6,9-14,27H2,1,3H3/b21-16+. The third-order valence-corrected chi connectivity index (χ3v) is 6.13. The van der Waals surface area contributed by atoms with Crippen LogP contribution < -0.4 is 37.6 Å². The fourth-order valence-electron chi connectivity index (χ4n) is 4.35. The fraction of sp³-hybridized carbons (Fsp3) is 0.520. The van der Waals surface area contributed by atoms with Crippen molar-refractivity contribution in [2.24, 2.45) is 11.7 Å². The average molecular weight is 443 g/mol. The molecule has 32 heavy (non-hydrogen) atoms. The molecule has 0 bridgehead atoms. The molecule has 1 aromatic heterocycles. The summed E-state index contributed by atoms with van der Waals surface area (Å²) in [6, 6.07) is 4.97. The van der Waals surface area contributed by atoms with Crippen LogP contribution in [-0.2, 0) is 0 Å². The van der Waals surface area contributed by atoms with Crippen LogP contribution in [0, 0.1) is 11.7 Å². The number of rotatable bonds is 13. The van der Waals surface area contributed by atoms with Crippen LogP contribution in [0.25, 0.3) is 23.6 Å². The number of benzene rings is 1. The van der Waals surface area contributed by atoms with Crippen LogP contribution in [0.15, 0.2) is 29.6 Å². The molecule has 1 aliphatic rings. The highest BCUT2D eigenvalue weighted by molar-refractivity contribution is 5.81. The molecule has 2 aromatic rings. The first-order valence-electron chi connectivity index (χ1n) is 11.8. The SMILES string of the molecule is C=c1[nH]c2ccc(F)cc2/c1=C/C1NC(C)=C(NCCCNCCCCNCCN)C1C. The zero-order chi connectivity index (χ0) is 22.9. The van der Waals surface area contributed by atoms with E-state index in [2.05, 4.69) is 52.8 Å². The average Bonchev–Trinajstić information content (AvgIpc) is 3.22. The summed E-state index contributed by atoms with van der Waals surface area (Å²) >= 11 is 0. The summed E-state index contributed by atoms with van der Waals surface area (Å²) in [6.07, 6.45) is 5.61. The van der Waals surface area contributed by atoms with Gasteiger partial charge in [-0.3, -0.25) is 0 Å². The van der Waals surface area contributed by atoms with Gasteiger partial charge in [-0.2, -0.15) is 0 Å². The summed E-state index contributed by atoms with van der Waals surface area (Å²) in [5, 5.41) is 16.7. The Balaban J connectivity index is 1.45. The van der Waals surface area contributed by atoms with Crippen LogP contribution in [0.3, 0.4) is 0 Å². The van der Waals surface area contributed by atoms with Crippen LogP contribution in [0.1, 0.15) is 33.1 Å². The maximum absolute atomic E-state index is 13.8. The van der Waals surface area contributed by atoms with Crippen molar-refractivity contribution in [3.63, 3.8) is 0 Å². The molecule has 1 aliphatic heterocycles. The lowest BCUT2D eigenvalue weighted by Crippen LogP contribution is -2.32. The van der Waals surface area contributed by atoms with Crippen LogP contribution in [0.4, 0.5) is 4.39 Å². The van der Waals surface area contributed by atoms with Crippen molar-refractivity contribution in [1.29, 1.82) is 0 Å². The molecule has 0 amide bonds. The van der Waals surface area contributed by atoms with E-state index in [0.717, 1.165) is 60.6 Å². The Hall–Kier alpha value is -2.35. The molecule has 7 N–H and O–H groups in total. The molecule has 0 fully saturated rings. The van der Waals surface area contributed by atoms with E-state index in [1.54, 1.807) is 12.1 Å². The summed E-state index contributed by atoms with van der Waals surface area (Å²) in [5.74, 6) is 0.0778. The van der Waals surface area contributed by atoms with Gasteiger partial charge in [-0.15, -0.1) is 0 Å². The first-order chi connectivity index (χ1) is 15.5. The van der Waals surface area contributed by atoms with Gasteiger partial charge in [-0.25, -0.2) is 4.39 Å². The Bertz CT molecular complexity index is 1010. The van der Waals surface area contributed by atoms with E-state index < -0.39 is 0 Å². The number of nitrogens with two attached hydrogens (primary N) is 1. The second-order valence-corrected chi connectivity index (χ2v) is 8.65. The van der Waals surface area contributed by atoms with Crippen molar-refractivity contribution in [1.82, 2.24) is 26.3 Å². The highest BCUT2D eigenvalue weighted by atomic mass is 19.1. The number of fused-ring (bicyclic) bond motifs is 1. The number of hydrogen-bond donors (Lipinski definition) is 6. The predicted octanol–water partition coefficient (Wildman–Crippen LogP) is 1.24. The van der Waals surface area contributed by atoms with Gasteiger partial charge in [0.05, 0.1) is 6.04 Å². The van der Waals surface area contributed by atoms with Gasteiger partial charge in [0.15, 0.2) is 0 Å². The van der Waals surface area contributed by atoms with Gasteiger partial charge in [-0.1, -0.05) is 19.6 Å². The Morgan fingerprint density at radius 2 is 1.81 bits per heavy atom. The Labute approximate surface area is 190 Å². The summed E-state index contributed by atoms with van der Waals surface area (Å²) in [4.78, 5) is 3.26. The fourth-order valence-corrected chi connectivity index (χ4v) is 4.35. The minimum Gasteiger partial charge on any atom is -0.387 e. The minimum atomic E-state index is -0.230. The zero-order valence-electron chi connectivity index (χ0n) is 19.5. The summed E-state index contributed by atoms with van der Waals surface area (Å²) < 4.78 is 13.8. The van der Waals surface area contributed by atoms with E-state index in [4.69, 9.17) is 5.73 Å². The van der Waals surface area contributed by atoms with Gasteiger partial charge in [0.2, 0.25) is 0 Å². The number of H-pyrrole nitrogens is 1. The lowest BCUT2D eigenvalue weighted by Gasteiger charge is -2.16. The molecular weight excluding hydrogens is 403 g/mol. The largest absolute Gasteiger partial charge is 0.387 e. The van der Waals surface area contributed by atoms with Gasteiger partial charge < -0.3 is 32.0 Å². The molecule has 0 aliphatic carbocycles. The van der Waals surface area contributed by atoms with Crippen molar-refractivity contribution in [2.75, 3.05) is 39.3 Å². The number of nitrogens with one attached hydrogen (secondary N) is 5. The monoisotopic (exact) mass is 442 g/mol. The molecule has 0 saturated carbocycles. The maximum atomic E-state index is 13.8. The Morgan fingerprint density at radius 1 is 1.09 bits per heavy atom. The molecular formula is C25H39FN6. The second kappa shape index (κ2) is 12.0. The van der Waals surface area contributed by atoms with E-state index >= 15 is 0 Å². The van der Waals surface area contributed by atoms with E-state index in [0.29, 0.717) is 12.5 Å². The Kier molecular flexibility index (Phi) is 9.14. The van der Waals surface area contributed by atoms with Gasteiger partial charge in [-0.05, 0) is 64.0 Å². The molecule has 176 valence electrons. The number of halogens is 1. The van der Waals surface area contributed by atoms with Crippen molar-refractivity contribution in [2.45, 2.75) is 39.2 Å². The number of aromatic amines is 1. The smallest absolute Gasteiger partial charge is 0.123 e. The third kappa shape index (κ3) is 6.34. The van der Waals surface area contributed by atoms with E-state index in [9.17, 15) is 4.39 Å². The lowest BCUT2D eigenvalue weighted by molar-refractivity contribution is 0.547. The van der Waals surface area contributed by atoms with Crippen LogP contribution in [0.5, 0.6) is 0 Å². The summed E-state index contributed by atoms with van der Waals surface area (Å²) in [7, 11) is 0. The highest BCUT2D eigenvalue weighted by Crippen LogP contribution is 2.24. The molecule has 3 rings (SSSR count). The van der Waals surface area contributed by atoms with Gasteiger partial charge in [0.25, 0.3) is 0 Å². The lowest BCUT2D eigenvalue weighted by atomic mass is 10.00. The van der Waals surface area contributed by atoms with E-state index in [1.165, 1.54) is 30.3 Å². The molecule has 0 radical (unpaired) electrons. The first kappa shape index (κ1) is 24.3. The molecule has 7 heteroatoms. The minimum absolute atomic E-state index is 0.145. The highest BCUT2D eigenvalue weighted by Gasteiger charge is 2.27. The molecule has 2 atom stereocenters. The van der Waals surface area contributed by atoms with Crippen molar-refractivity contribution in [3.8, 4) is 0 Å². The summed E-state index contributed by atoms with van der Waals surface area (Å²) in [5.41, 5.74) is 8.81. The Morgan fingerprint density at radius 3 is 2.56 bits per heavy atom. The predicted molar refractivity (Wildman–Crippen MR) is 133 cm³/mol. The number of hydrogen-bond acceptors (Lipinski definition) is 5. The summed E-state index contributed by atoms with van der Waals surface area (Å²) in [6.45, 7) is 14.1. The van der Waals surface area contributed by atoms with Crippen LogP contribution >= 0.6 is 0 Å². The third-order valence-electron chi connectivity index (χ3n) is 6.13. The second-order valence-electron chi connectivity index (χ2n) is 8.65. The van der Waals surface area contributed by atoms with Crippen molar-refractivity contribution >= 4 is 23.6 Å². The van der Waals surface area contributed by atoms with Crippen LogP contribution in [-0.4, -0.2) is 50.3 Å². The normalized spacial score (nSPS) is 19.2. The van der Waals surface area contributed by atoms with Gasteiger partial charge >= 0.3 is 0 Å². The molecule has 1 aromatic carbocycles. The van der Waals surface area contributed by atoms with Gasteiger partial charge in [0.1, 0.15) is 5.82 Å². The topological polar surface area (TPSA) is 89.9 Å². The first-order valence-corrected chi connectivity index (χ1v) is 11.8. The van der Waals surface area contributed by atoms with Crippen molar-refractivity contribution in [3.05, 3.63) is 46.0 Å². The molecule has 2 unspecified atom stereocenters. The van der Waals surface area contributed by atoms with Gasteiger partial charge in [0, 0.05) is 58.4 Å². The van der Waals surface area contributed by atoms with E-state index in [-0.39, 0.29) is 11.9 Å². The number of allylic oxidation sites excluding steroid dienone is 1. The van der Waals surface area contributed by atoms with E-state index in [1.807, 2.05) is 0 Å². The molecule has 2 heterocycles. The van der Waals surface area contributed by atoms with Crippen molar-refractivity contribution < 1.29 is 4.39 Å². The quantitative estimate of drug-likeness (QED) is 0.263. The number of unbranched alkanes of at least 4 members (excludes halogenated alkanes) is 1. The molecule has 6 nitrogen and oxygen atoms in total. The zero-order valence-corrected chi connectivity index (χ0v) is 19.5. The molecule has 0 spiro atoms. The molecule has 0 saturated heterocycles. The van der Waals surface area contributed by atoms with Crippen LogP contribution in [0.2, 0.25) is 0 Å². The maximum Gasteiger partial charge on any atom is 0.123 e. The number of aromatic nitrogens is 1.